The van der Waals surface area contributed by atoms with Crippen LogP contribution in [0.15, 0.2) is 0 Å². The zero-order valence-electron chi connectivity index (χ0n) is 1.34. The molecular weight excluding hydrogens is 414 g/mol. The summed E-state index contributed by atoms with van der Waals surface area (Å²) < 4.78 is 0. The van der Waals surface area contributed by atoms with Crippen molar-refractivity contribution in [3.63, 3.8) is 0 Å². The second kappa shape index (κ2) is 18.1. The van der Waals surface area contributed by atoms with E-state index < -0.39 is 0 Å². The fraction of sp³-hybridized carbons (Fsp3) is 0. The van der Waals surface area contributed by atoms with Gasteiger partial charge in [0.2, 0.25) is 0 Å². The minimum absolute atomic E-state index is 0. The minimum Gasteiger partial charge on any atom is 0 e. The maximum absolute atomic E-state index is 0. The third kappa shape index (κ3) is 8.83. The van der Waals surface area contributed by atoms with E-state index in [0.29, 0.717) is 0 Å². The van der Waals surface area contributed by atoms with Gasteiger partial charge in [0.1, 0.15) is 0 Å². The van der Waals surface area contributed by atoms with Gasteiger partial charge in [0, 0.05) is 76.7 Å². The Bertz CT molecular complexity index is 8.00. The molecule has 0 amide bonds. The third-order valence-corrected chi connectivity index (χ3v) is 0. The fourth-order valence-corrected chi connectivity index (χ4v) is 0. The van der Waals surface area contributed by atoms with E-state index >= 15 is 0 Å². The summed E-state index contributed by atoms with van der Waals surface area (Å²) in [6.07, 6.45) is 0. The van der Waals surface area contributed by atoms with E-state index in [4.69, 9.17) is 0 Å². The van der Waals surface area contributed by atoms with Crippen LogP contribution in [0.2, 0.25) is 0 Å². The second-order valence-electron chi connectivity index (χ2n) is 0. The predicted octanol–water partition coefficient (Wildman–Crippen LogP) is -0.0100. The van der Waals surface area contributed by atoms with Gasteiger partial charge in [-0.05, 0) is 0 Å². The summed E-state index contributed by atoms with van der Waals surface area (Å²) in [6.45, 7) is 0. The molecule has 0 atom stereocenters. The maximum Gasteiger partial charge on any atom is 0 e. The second-order valence-corrected chi connectivity index (χ2v) is 0. The Hall–Kier alpha value is 2.43. The van der Waals surface area contributed by atoms with Gasteiger partial charge in [-0.25, -0.2) is 0 Å². The maximum atomic E-state index is 0. The number of rotatable bonds is 0. The van der Waals surface area contributed by atoms with Crippen LogP contribution >= 0.6 is 0 Å². The number of hydrogen-bond acceptors (Lipinski definition) is 0. The van der Waals surface area contributed by atoms with Crippen LogP contribution < -0.4 is 0 Å². The molecule has 0 fully saturated rings. The quantitative estimate of drug-likeness (QED) is 0.490. The Morgan fingerprint density at radius 3 is 1.00 bits per heavy atom. The van der Waals surface area contributed by atoms with Gasteiger partial charge in [0.25, 0.3) is 0 Å². The molecule has 0 aliphatic heterocycles. The van der Waals surface area contributed by atoms with Gasteiger partial charge < -0.3 is 0 Å². The molecule has 0 aromatic carbocycles. The van der Waals surface area contributed by atoms with E-state index in [1.54, 1.807) is 0 Å². The van der Waals surface area contributed by atoms with Gasteiger partial charge in [-0.3, -0.25) is 0 Å². The Labute approximate surface area is 75.7 Å². The molecule has 0 heterocycles. The van der Waals surface area contributed by atoms with Crippen LogP contribution in [-0.2, 0) is 76.7 Å². The SMILES string of the molecule is [Au].[Cr].[Ni].[Pd]. The molecule has 0 unspecified atom stereocenters. The minimum atomic E-state index is 0. The first-order valence-corrected chi connectivity index (χ1v) is 0. The van der Waals surface area contributed by atoms with Crippen molar-refractivity contribution in [2.45, 2.75) is 0 Å². The molecule has 0 rings (SSSR count). The van der Waals surface area contributed by atoms with Gasteiger partial charge >= 0.3 is 0 Å². The summed E-state index contributed by atoms with van der Waals surface area (Å²) in [4.78, 5) is 0. The zero-order valence-corrected chi connectivity index (χ0v) is 7.33. The van der Waals surface area contributed by atoms with E-state index in [1.807, 2.05) is 0 Å². The fourth-order valence-electron chi connectivity index (χ4n) is 0. The van der Waals surface area contributed by atoms with E-state index in [1.165, 1.54) is 0 Å². The van der Waals surface area contributed by atoms with Gasteiger partial charge in [0.15, 0.2) is 0 Å². The molecule has 0 saturated heterocycles. The molecule has 0 aliphatic carbocycles. The smallest absolute Gasteiger partial charge is 0 e. The standard InChI is InChI=1S/Au.Cr.Ni.Pd. The van der Waals surface area contributed by atoms with E-state index in [0.717, 1.165) is 0 Å². The van der Waals surface area contributed by atoms with Crippen molar-refractivity contribution in [1.82, 2.24) is 0 Å². The molecule has 1 radical (unpaired) electrons. The molecule has 0 nitrogen and oxygen atoms in total. The Morgan fingerprint density at radius 1 is 1.00 bits per heavy atom. The van der Waals surface area contributed by atoms with Gasteiger partial charge in [-0.1, -0.05) is 0 Å². The average Bonchev–Trinajstić information content (AvgIpc) is 0. The zero-order chi connectivity index (χ0) is 0. The van der Waals surface area contributed by atoms with Crippen LogP contribution in [0.4, 0.5) is 0 Å². The van der Waals surface area contributed by atoms with Crippen LogP contribution in [0.25, 0.3) is 0 Å². The van der Waals surface area contributed by atoms with Crippen molar-refractivity contribution in [1.29, 1.82) is 0 Å². The third-order valence-electron chi connectivity index (χ3n) is 0. The van der Waals surface area contributed by atoms with Crippen LogP contribution in [0.3, 0.4) is 0 Å². The van der Waals surface area contributed by atoms with E-state index in [-0.39, 0.29) is 76.7 Å². The largest absolute Gasteiger partial charge is 0 e. The van der Waals surface area contributed by atoms with E-state index in [2.05, 4.69) is 0 Å². The van der Waals surface area contributed by atoms with Crippen LogP contribution in [0.5, 0.6) is 0 Å². The first-order valence-electron chi connectivity index (χ1n) is 0. The van der Waals surface area contributed by atoms with Crippen molar-refractivity contribution < 1.29 is 76.7 Å². The molecule has 0 spiro atoms. The monoisotopic (exact) mass is 413 g/mol. The summed E-state index contributed by atoms with van der Waals surface area (Å²) in [7, 11) is 0. The predicted molar refractivity (Wildman–Crippen MR) is 0 cm³/mol. The summed E-state index contributed by atoms with van der Waals surface area (Å²) in [5.74, 6) is 0. The van der Waals surface area contributed by atoms with Crippen molar-refractivity contribution in [3.05, 3.63) is 0 Å². The normalized spacial score (nSPS) is 0. The summed E-state index contributed by atoms with van der Waals surface area (Å²) in [5.41, 5.74) is 0. The first kappa shape index (κ1) is 32.1. The topological polar surface area (TPSA) is 0 Å². The Morgan fingerprint density at radius 2 is 1.00 bits per heavy atom. The Kier molecular flexibility index (Phi) is 145. The van der Waals surface area contributed by atoms with Crippen molar-refractivity contribution in [3.8, 4) is 0 Å². The molecule has 0 aliphatic rings. The van der Waals surface area contributed by atoms with Crippen LogP contribution in [0, 0.1) is 0 Å². The summed E-state index contributed by atoms with van der Waals surface area (Å²) in [6, 6.07) is 0. The van der Waals surface area contributed by atoms with E-state index in [9.17, 15) is 0 Å². The van der Waals surface area contributed by atoms with Crippen molar-refractivity contribution >= 4 is 0 Å². The molecule has 0 bridgehead atoms. The van der Waals surface area contributed by atoms with Gasteiger partial charge in [-0.15, -0.1) is 0 Å². The molecule has 0 N–H and O–H groups in total. The molecule has 4 heavy (non-hydrogen) atoms. The average molecular weight is 414 g/mol. The summed E-state index contributed by atoms with van der Waals surface area (Å²) in [5, 5.41) is 0. The van der Waals surface area contributed by atoms with Crippen molar-refractivity contribution in [2.24, 2.45) is 0 Å². The molecular formula is AuCrNiPd. The molecule has 0 aromatic heterocycles. The van der Waals surface area contributed by atoms with Crippen LogP contribution in [-0.4, -0.2) is 0 Å². The van der Waals surface area contributed by atoms with Crippen LogP contribution in [0.1, 0.15) is 0 Å². The molecule has 4 heteroatoms. The van der Waals surface area contributed by atoms with Gasteiger partial charge in [-0.2, -0.15) is 0 Å². The molecule has 37 valence electrons. The first-order chi connectivity index (χ1) is 0. The number of hydrogen-bond donors (Lipinski definition) is 0. The molecule has 0 saturated carbocycles. The van der Waals surface area contributed by atoms with Crippen molar-refractivity contribution in [2.75, 3.05) is 0 Å². The molecule has 0 aromatic rings. The van der Waals surface area contributed by atoms with Gasteiger partial charge in [0.05, 0.1) is 0 Å². The Balaban J connectivity index is 0. The summed E-state index contributed by atoms with van der Waals surface area (Å²) >= 11 is 0.